The second kappa shape index (κ2) is 6.49. The summed E-state index contributed by atoms with van der Waals surface area (Å²) in [5.41, 5.74) is 1.25. The van der Waals surface area contributed by atoms with Crippen molar-refractivity contribution in [2.45, 2.75) is 31.0 Å². The molecule has 1 aliphatic rings. The number of ether oxygens (including phenoxy) is 2. The Kier molecular flexibility index (Phi) is 5.18. The molecule has 19 heavy (non-hydrogen) atoms. The molecule has 0 spiro atoms. The van der Waals surface area contributed by atoms with Gasteiger partial charge in [-0.25, -0.2) is 0 Å². The molecule has 0 bridgehead atoms. The normalized spacial score (nSPS) is 24.3. The van der Waals surface area contributed by atoms with Gasteiger partial charge in [-0.15, -0.1) is 0 Å². The third-order valence-corrected chi connectivity index (χ3v) is 5.96. The smallest absolute Gasteiger partial charge is 0.161 e. The van der Waals surface area contributed by atoms with Crippen LogP contribution in [0.5, 0.6) is 11.5 Å². The highest BCUT2D eigenvalue weighted by Gasteiger charge is 2.31. The first-order valence-electron chi connectivity index (χ1n) is 6.64. The Labute approximate surface area is 132 Å². The molecule has 106 valence electrons. The van der Waals surface area contributed by atoms with Crippen LogP contribution in [0.4, 0.5) is 0 Å². The zero-order chi connectivity index (χ0) is 14.0. The van der Waals surface area contributed by atoms with Gasteiger partial charge in [0.2, 0.25) is 0 Å². The number of rotatable bonds is 4. The van der Waals surface area contributed by atoms with Crippen molar-refractivity contribution in [3.8, 4) is 11.5 Å². The maximum Gasteiger partial charge on any atom is 0.161 e. The molecular weight excluding hydrogens is 372 g/mol. The maximum atomic E-state index is 5.40. The van der Waals surface area contributed by atoms with Gasteiger partial charge in [0, 0.05) is 9.30 Å². The van der Waals surface area contributed by atoms with Crippen LogP contribution in [-0.2, 0) is 0 Å². The van der Waals surface area contributed by atoms with E-state index in [0.29, 0.717) is 10.7 Å². The van der Waals surface area contributed by atoms with Crippen molar-refractivity contribution in [2.24, 2.45) is 11.8 Å². The van der Waals surface area contributed by atoms with Crippen molar-refractivity contribution in [3.05, 3.63) is 22.2 Å². The lowest BCUT2D eigenvalue weighted by atomic mass is 9.90. The van der Waals surface area contributed by atoms with Crippen LogP contribution in [0.2, 0.25) is 0 Å². The van der Waals surface area contributed by atoms with Gasteiger partial charge in [0.1, 0.15) is 0 Å². The van der Waals surface area contributed by atoms with Crippen molar-refractivity contribution in [3.63, 3.8) is 0 Å². The molecular formula is C15H20Br2O2. The van der Waals surface area contributed by atoms with Gasteiger partial charge in [0.05, 0.1) is 14.2 Å². The summed E-state index contributed by atoms with van der Waals surface area (Å²) in [6, 6.07) is 4.06. The van der Waals surface area contributed by atoms with E-state index in [9.17, 15) is 0 Å². The van der Waals surface area contributed by atoms with Gasteiger partial charge < -0.3 is 9.47 Å². The van der Waals surface area contributed by atoms with Gasteiger partial charge in [-0.1, -0.05) is 51.6 Å². The molecule has 3 unspecified atom stereocenters. The Hall–Kier alpha value is -0.220. The summed E-state index contributed by atoms with van der Waals surface area (Å²) in [5.74, 6) is 3.01. The molecule has 0 radical (unpaired) electrons. The summed E-state index contributed by atoms with van der Waals surface area (Å²) in [7, 11) is 3.34. The number of alkyl halides is 1. The zero-order valence-electron chi connectivity index (χ0n) is 11.6. The molecule has 1 aliphatic carbocycles. The van der Waals surface area contributed by atoms with Crippen molar-refractivity contribution in [1.82, 2.24) is 0 Å². The van der Waals surface area contributed by atoms with E-state index in [1.807, 2.05) is 6.07 Å². The summed E-state index contributed by atoms with van der Waals surface area (Å²) in [5, 5.41) is 0. The third kappa shape index (κ3) is 3.10. The minimum atomic E-state index is 0.360. The second-order valence-electron chi connectivity index (χ2n) is 5.20. The third-order valence-electron chi connectivity index (χ3n) is 4.10. The highest BCUT2D eigenvalue weighted by Crippen LogP contribution is 2.48. The van der Waals surface area contributed by atoms with Crippen molar-refractivity contribution >= 4 is 31.9 Å². The summed E-state index contributed by atoms with van der Waals surface area (Å²) >= 11 is 7.54. The summed E-state index contributed by atoms with van der Waals surface area (Å²) < 4.78 is 11.8. The van der Waals surface area contributed by atoms with Gasteiger partial charge in [0.15, 0.2) is 11.5 Å². The Morgan fingerprint density at radius 1 is 1.16 bits per heavy atom. The summed E-state index contributed by atoms with van der Waals surface area (Å²) in [6.45, 7) is 2.35. The number of benzene rings is 1. The Balaban J connectivity index is 2.33. The van der Waals surface area contributed by atoms with E-state index < -0.39 is 0 Å². The van der Waals surface area contributed by atoms with Gasteiger partial charge in [-0.2, -0.15) is 0 Å². The van der Waals surface area contributed by atoms with Crippen molar-refractivity contribution in [2.75, 3.05) is 14.2 Å². The van der Waals surface area contributed by atoms with E-state index in [-0.39, 0.29) is 0 Å². The molecule has 1 saturated carbocycles. The molecule has 3 atom stereocenters. The van der Waals surface area contributed by atoms with Gasteiger partial charge in [-0.3, -0.25) is 0 Å². The van der Waals surface area contributed by atoms with Crippen molar-refractivity contribution in [1.29, 1.82) is 0 Å². The molecule has 1 fully saturated rings. The molecule has 0 aromatic heterocycles. The van der Waals surface area contributed by atoms with Crippen LogP contribution < -0.4 is 9.47 Å². The predicted molar refractivity (Wildman–Crippen MR) is 85.4 cm³/mol. The Bertz CT molecular complexity index is 448. The monoisotopic (exact) mass is 390 g/mol. The molecule has 4 heteroatoms. The van der Waals surface area contributed by atoms with Crippen LogP contribution in [0.15, 0.2) is 16.6 Å². The van der Waals surface area contributed by atoms with E-state index >= 15 is 0 Å². The molecule has 0 heterocycles. The number of hydrogen-bond donors (Lipinski definition) is 0. The molecule has 0 aliphatic heterocycles. The molecule has 1 aromatic rings. The number of methoxy groups -OCH3 is 2. The fourth-order valence-corrected chi connectivity index (χ4v) is 4.96. The van der Waals surface area contributed by atoms with E-state index in [1.54, 1.807) is 14.2 Å². The average molecular weight is 392 g/mol. The first kappa shape index (κ1) is 15.2. The summed E-state index contributed by atoms with van der Waals surface area (Å²) in [6.07, 6.45) is 3.95. The van der Waals surface area contributed by atoms with E-state index in [4.69, 9.17) is 9.47 Å². The minimum absolute atomic E-state index is 0.360. The largest absolute Gasteiger partial charge is 0.493 e. The molecule has 2 rings (SSSR count). The van der Waals surface area contributed by atoms with E-state index in [1.165, 1.54) is 24.8 Å². The van der Waals surface area contributed by atoms with Gasteiger partial charge in [0.25, 0.3) is 0 Å². The topological polar surface area (TPSA) is 18.5 Å². The average Bonchev–Trinajstić information content (AvgIpc) is 2.83. The van der Waals surface area contributed by atoms with E-state index in [0.717, 1.165) is 21.9 Å². The first-order chi connectivity index (χ1) is 9.08. The molecule has 0 amide bonds. The fraction of sp³-hybridized carbons (Fsp3) is 0.600. The quantitative estimate of drug-likeness (QED) is 0.645. The first-order valence-corrected chi connectivity index (χ1v) is 8.34. The Morgan fingerprint density at radius 2 is 1.79 bits per heavy atom. The lowest BCUT2D eigenvalue weighted by Crippen LogP contribution is -2.11. The van der Waals surface area contributed by atoms with Crippen LogP contribution in [0.3, 0.4) is 0 Å². The molecule has 1 aromatic carbocycles. The lowest BCUT2D eigenvalue weighted by Gasteiger charge is -2.24. The van der Waals surface area contributed by atoms with Crippen LogP contribution in [-0.4, -0.2) is 14.2 Å². The summed E-state index contributed by atoms with van der Waals surface area (Å²) in [4.78, 5) is 0.360. The van der Waals surface area contributed by atoms with E-state index in [2.05, 4.69) is 44.8 Å². The second-order valence-corrected chi connectivity index (χ2v) is 7.04. The van der Waals surface area contributed by atoms with Crippen molar-refractivity contribution < 1.29 is 9.47 Å². The molecule has 0 N–H and O–H groups in total. The molecule has 2 nitrogen and oxygen atoms in total. The molecule has 0 saturated heterocycles. The maximum absolute atomic E-state index is 5.40. The van der Waals surface area contributed by atoms with Crippen LogP contribution in [0, 0.1) is 11.8 Å². The SMILES string of the molecule is COc1cc(Br)c(C(Br)C2CCCC2C)cc1OC. The van der Waals surface area contributed by atoms with Gasteiger partial charge in [-0.05, 0) is 36.0 Å². The van der Waals surface area contributed by atoms with Crippen LogP contribution >= 0.6 is 31.9 Å². The minimum Gasteiger partial charge on any atom is -0.493 e. The fourth-order valence-electron chi connectivity index (χ4n) is 2.92. The van der Waals surface area contributed by atoms with Crippen LogP contribution in [0.25, 0.3) is 0 Å². The van der Waals surface area contributed by atoms with Gasteiger partial charge >= 0.3 is 0 Å². The highest BCUT2D eigenvalue weighted by molar-refractivity contribution is 9.11. The van der Waals surface area contributed by atoms with Crippen LogP contribution in [0.1, 0.15) is 36.6 Å². The number of halogens is 2. The Morgan fingerprint density at radius 3 is 2.32 bits per heavy atom. The lowest BCUT2D eigenvalue weighted by molar-refractivity contribution is 0.353. The predicted octanol–water partition coefficient (Wildman–Crippen LogP) is 5.34. The highest BCUT2D eigenvalue weighted by atomic mass is 79.9. The zero-order valence-corrected chi connectivity index (χ0v) is 14.8. The standard InChI is InChI=1S/C15H20Br2O2/c1-9-5-4-6-10(9)15(17)11-7-13(18-2)14(19-3)8-12(11)16/h7-10,15H,4-6H2,1-3H3. The number of hydrogen-bond acceptors (Lipinski definition) is 2.